The summed E-state index contributed by atoms with van der Waals surface area (Å²) in [5.41, 5.74) is 0. The van der Waals surface area contributed by atoms with Gasteiger partial charge in [0, 0.05) is 59.2 Å². The molecule has 2 aliphatic heterocycles. The van der Waals surface area contributed by atoms with Gasteiger partial charge in [-0.2, -0.15) is 0 Å². The normalized spacial score (nSPS) is 21.5. The van der Waals surface area contributed by atoms with Gasteiger partial charge in [0.15, 0.2) is 0 Å². The molecule has 0 unspecified atom stereocenters. The predicted molar refractivity (Wildman–Crippen MR) is 70.7 cm³/mol. The second kappa shape index (κ2) is 6.86. The zero-order valence-electron chi connectivity index (χ0n) is 11.6. The molecule has 2 amide bonds. The Hall–Kier alpha value is -1.14. The molecule has 0 atom stereocenters. The standard InChI is InChI=1S/C13H23N3O3/c1-12(17)15-4-6-16(7-5-15)13(18)2-3-14-8-10-19-11-9-14/h2-11H2,1H3. The summed E-state index contributed by atoms with van der Waals surface area (Å²) in [6.45, 7) is 8.44. The van der Waals surface area contributed by atoms with Gasteiger partial charge in [-0.05, 0) is 0 Å². The minimum Gasteiger partial charge on any atom is -0.379 e. The molecule has 19 heavy (non-hydrogen) atoms. The van der Waals surface area contributed by atoms with E-state index >= 15 is 0 Å². The van der Waals surface area contributed by atoms with Gasteiger partial charge in [-0.1, -0.05) is 0 Å². The van der Waals surface area contributed by atoms with Crippen molar-refractivity contribution in [2.45, 2.75) is 13.3 Å². The zero-order chi connectivity index (χ0) is 13.7. The molecule has 6 nitrogen and oxygen atoms in total. The fraction of sp³-hybridized carbons (Fsp3) is 0.846. The molecule has 0 aromatic rings. The second-order valence-electron chi connectivity index (χ2n) is 5.09. The average molecular weight is 269 g/mol. The number of hydrogen-bond acceptors (Lipinski definition) is 4. The SMILES string of the molecule is CC(=O)N1CCN(C(=O)CCN2CCOCC2)CC1. The van der Waals surface area contributed by atoms with Crippen molar-refractivity contribution in [3.05, 3.63) is 0 Å². The molecule has 0 spiro atoms. The van der Waals surface area contributed by atoms with Crippen LogP contribution in [0.2, 0.25) is 0 Å². The summed E-state index contributed by atoms with van der Waals surface area (Å²) in [7, 11) is 0. The lowest BCUT2D eigenvalue weighted by molar-refractivity contribution is -0.138. The Morgan fingerprint density at radius 3 is 2.11 bits per heavy atom. The van der Waals surface area contributed by atoms with Crippen LogP contribution < -0.4 is 0 Å². The van der Waals surface area contributed by atoms with Crippen molar-refractivity contribution >= 4 is 11.8 Å². The van der Waals surface area contributed by atoms with Crippen molar-refractivity contribution in [2.24, 2.45) is 0 Å². The minimum atomic E-state index is 0.0976. The van der Waals surface area contributed by atoms with E-state index in [0.29, 0.717) is 32.6 Å². The van der Waals surface area contributed by atoms with Gasteiger partial charge in [0.25, 0.3) is 0 Å². The highest BCUT2D eigenvalue weighted by Crippen LogP contribution is 2.05. The van der Waals surface area contributed by atoms with Crippen molar-refractivity contribution in [3.8, 4) is 0 Å². The number of morpholine rings is 1. The summed E-state index contributed by atoms with van der Waals surface area (Å²) in [6.07, 6.45) is 0.570. The number of ether oxygens (including phenoxy) is 1. The number of nitrogens with zero attached hydrogens (tertiary/aromatic N) is 3. The van der Waals surface area contributed by atoms with Crippen molar-refractivity contribution in [1.82, 2.24) is 14.7 Å². The van der Waals surface area contributed by atoms with E-state index in [2.05, 4.69) is 4.90 Å². The molecule has 2 heterocycles. The lowest BCUT2D eigenvalue weighted by atomic mass is 10.2. The van der Waals surface area contributed by atoms with Crippen molar-refractivity contribution < 1.29 is 14.3 Å². The molecule has 2 aliphatic rings. The molecule has 2 rings (SSSR count). The molecule has 0 bridgehead atoms. The molecule has 0 radical (unpaired) electrons. The van der Waals surface area contributed by atoms with Crippen LogP contribution in [-0.2, 0) is 14.3 Å². The van der Waals surface area contributed by atoms with Crippen LogP contribution in [0.5, 0.6) is 0 Å². The molecule has 2 saturated heterocycles. The van der Waals surface area contributed by atoms with Crippen LogP contribution >= 0.6 is 0 Å². The maximum atomic E-state index is 12.1. The Bertz CT molecular complexity index is 321. The third-order valence-electron chi connectivity index (χ3n) is 3.82. The Morgan fingerprint density at radius 1 is 0.947 bits per heavy atom. The van der Waals surface area contributed by atoms with Gasteiger partial charge in [-0.3, -0.25) is 14.5 Å². The molecule has 0 aromatic heterocycles. The lowest BCUT2D eigenvalue weighted by Gasteiger charge is -2.35. The van der Waals surface area contributed by atoms with E-state index in [1.54, 1.807) is 11.8 Å². The Morgan fingerprint density at radius 2 is 1.53 bits per heavy atom. The number of piperazine rings is 1. The van der Waals surface area contributed by atoms with E-state index in [1.165, 1.54) is 0 Å². The van der Waals surface area contributed by atoms with Crippen LogP contribution in [0.25, 0.3) is 0 Å². The van der Waals surface area contributed by atoms with Crippen LogP contribution in [0.15, 0.2) is 0 Å². The van der Waals surface area contributed by atoms with Crippen LogP contribution in [0.1, 0.15) is 13.3 Å². The number of amides is 2. The van der Waals surface area contributed by atoms with E-state index in [1.807, 2.05) is 4.90 Å². The lowest BCUT2D eigenvalue weighted by Crippen LogP contribution is -2.50. The maximum Gasteiger partial charge on any atom is 0.223 e. The number of rotatable bonds is 3. The summed E-state index contributed by atoms with van der Waals surface area (Å²) in [6, 6.07) is 0. The number of hydrogen-bond donors (Lipinski definition) is 0. The van der Waals surface area contributed by atoms with Crippen LogP contribution in [0.3, 0.4) is 0 Å². The summed E-state index contributed by atoms with van der Waals surface area (Å²) < 4.78 is 5.28. The van der Waals surface area contributed by atoms with Crippen molar-refractivity contribution in [2.75, 3.05) is 59.0 Å². The summed E-state index contributed by atoms with van der Waals surface area (Å²) >= 11 is 0. The van der Waals surface area contributed by atoms with Crippen LogP contribution in [0, 0.1) is 0 Å². The maximum absolute atomic E-state index is 12.1. The van der Waals surface area contributed by atoms with E-state index in [4.69, 9.17) is 4.74 Å². The molecule has 0 N–H and O–H groups in total. The molecular formula is C13H23N3O3. The minimum absolute atomic E-state index is 0.0976. The van der Waals surface area contributed by atoms with Gasteiger partial charge in [0.05, 0.1) is 13.2 Å². The van der Waals surface area contributed by atoms with Crippen molar-refractivity contribution in [1.29, 1.82) is 0 Å². The molecule has 2 fully saturated rings. The largest absolute Gasteiger partial charge is 0.379 e. The van der Waals surface area contributed by atoms with Crippen LogP contribution in [-0.4, -0.2) is 85.5 Å². The summed E-state index contributed by atoms with van der Waals surface area (Å²) in [4.78, 5) is 29.2. The Labute approximate surface area is 114 Å². The first-order valence-corrected chi connectivity index (χ1v) is 7.00. The quantitative estimate of drug-likeness (QED) is 0.686. The first-order valence-electron chi connectivity index (χ1n) is 7.00. The van der Waals surface area contributed by atoms with Gasteiger partial charge in [0.2, 0.25) is 11.8 Å². The first kappa shape index (κ1) is 14.3. The average Bonchev–Trinajstić information content (AvgIpc) is 2.46. The third kappa shape index (κ3) is 4.18. The fourth-order valence-corrected chi connectivity index (χ4v) is 2.51. The summed E-state index contributed by atoms with van der Waals surface area (Å²) in [5.74, 6) is 0.301. The molecule has 108 valence electrons. The van der Waals surface area contributed by atoms with Crippen molar-refractivity contribution in [3.63, 3.8) is 0 Å². The molecule has 0 aliphatic carbocycles. The Balaban J connectivity index is 1.67. The smallest absolute Gasteiger partial charge is 0.223 e. The molecular weight excluding hydrogens is 246 g/mol. The van der Waals surface area contributed by atoms with E-state index < -0.39 is 0 Å². The van der Waals surface area contributed by atoms with Gasteiger partial charge in [-0.25, -0.2) is 0 Å². The van der Waals surface area contributed by atoms with Gasteiger partial charge in [-0.15, -0.1) is 0 Å². The monoisotopic (exact) mass is 269 g/mol. The third-order valence-corrected chi connectivity index (χ3v) is 3.82. The van der Waals surface area contributed by atoms with Crippen LogP contribution in [0.4, 0.5) is 0 Å². The topological polar surface area (TPSA) is 53.1 Å². The number of carbonyl (C=O) groups is 2. The fourth-order valence-electron chi connectivity index (χ4n) is 2.51. The highest BCUT2D eigenvalue weighted by Gasteiger charge is 2.22. The summed E-state index contributed by atoms with van der Waals surface area (Å²) in [5, 5.41) is 0. The molecule has 0 saturated carbocycles. The van der Waals surface area contributed by atoms with Gasteiger partial charge in [0.1, 0.15) is 0 Å². The van der Waals surface area contributed by atoms with Gasteiger partial charge < -0.3 is 14.5 Å². The molecule has 6 heteroatoms. The van der Waals surface area contributed by atoms with E-state index in [-0.39, 0.29) is 11.8 Å². The number of carbonyl (C=O) groups excluding carboxylic acids is 2. The molecule has 0 aromatic carbocycles. The Kier molecular flexibility index (Phi) is 5.15. The van der Waals surface area contributed by atoms with E-state index in [9.17, 15) is 9.59 Å². The highest BCUT2D eigenvalue weighted by atomic mass is 16.5. The van der Waals surface area contributed by atoms with E-state index in [0.717, 1.165) is 32.8 Å². The second-order valence-corrected chi connectivity index (χ2v) is 5.09. The van der Waals surface area contributed by atoms with Gasteiger partial charge >= 0.3 is 0 Å². The highest BCUT2D eigenvalue weighted by molar-refractivity contribution is 5.77. The predicted octanol–water partition coefficient (Wildman–Crippen LogP) is -0.601. The zero-order valence-corrected chi connectivity index (χ0v) is 11.6. The first-order chi connectivity index (χ1) is 9.16.